The summed E-state index contributed by atoms with van der Waals surface area (Å²) in [5, 5.41) is 12.9. The first-order chi connectivity index (χ1) is 10.1. The molecule has 1 heterocycles. The van der Waals surface area contributed by atoms with Crippen LogP contribution in [0.4, 0.5) is 0 Å². The first-order valence-electron chi connectivity index (χ1n) is 6.22. The number of hydrogen-bond donors (Lipinski definition) is 1. The van der Waals surface area contributed by atoms with Crippen molar-refractivity contribution in [2.24, 2.45) is 12.1 Å². The predicted molar refractivity (Wildman–Crippen MR) is 81.8 cm³/mol. The molecule has 0 bridgehead atoms. The van der Waals surface area contributed by atoms with Gasteiger partial charge in [-0.3, -0.25) is 4.79 Å². The minimum Gasteiger partial charge on any atom is -0.343 e. The van der Waals surface area contributed by atoms with Crippen molar-refractivity contribution in [3.8, 4) is 17.3 Å². The van der Waals surface area contributed by atoms with Crippen molar-refractivity contribution >= 4 is 23.7 Å². The molecule has 0 radical (unpaired) electrons. The zero-order chi connectivity index (χ0) is 15.2. The highest BCUT2D eigenvalue weighted by Crippen LogP contribution is 2.22. The Morgan fingerprint density at radius 3 is 2.76 bits per heavy atom. The molecule has 1 amide bonds. The quantitative estimate of drug-likeness (QED) is 0.696. The number of carbonyl (C=O) groups is 1. The molecule has 1 N–H and O–H groups in total. The summed E-state index contributed by atoms with van der Waals surface area (Å²) in [6, 6.07) is 13.2. The summed E-state index contributed by atoms with van der Waals surface area (Å²) in [6.45, 7) is 0. The molecule has 0 fully saturated rings. The van der Waals surface area contributed by atoms with Gasteiger partial charge in [0.05, 0.1) is 18.0 Å². The first kappa shape index (κ1) is 14.8. The number of amides is 1. The molecule has 0 unspecified atom stereocenters. The number of nitrogens with zero attached hydrogens (tertiary/aromatic N) is 3. The normalized spacial score (nSPS) is 10.5. The van der Waals surface area contributed by atoms with Crippen LogP contribution in [-0.2, 0) is 11.8 Å². The molecule has 0 aliphatic heterocycles. The fraction of sp³-hybridized carbons (Fsp3) is 0.133. The second kappa shape index (κ2) is 6.73. The largest absolute Gasteiger partial charge is 0.343 e. The standard InChI is InChI=1S/C15H13ClN4O/c1-20-13(10-18-19-15(21)8-9-17)6-7-14(20)11-2-4-12(16)5-3-11/h2-7,10H,8H2,1H3,(H,19,21). The van der Waals surface area contributed by atoms with Crippen LogP contribution in [0.1, 0.15) is 12.1 Å². The Morgan fingerprint density at radius 1 is 1.38 bits per heavy atom. The Labute approximate surface area is 127 Å². The van der Waals surface area contributed by atoms with Gasteiger partial charge in [-0.15, -0.1) is 0 Å². The third-order valence-electron chi connectivity index (χ3n) is 2.93. The van der Waals surface area contributed by atoms with Crippen LogP contribution < -0.4 is 5.43 Å². The molecule has 5 nitrogen and oxygen atoms in total. The topological polar surface area (TPSA) is 70.2 Å². The van der Waals surface area contributed by atoms with Gasteiger partial charge in [-0.2, -0.15) is 10.4 Å². The van der Waals surface area contributed by atoms with Crippen LogP contribution in [0.5, 0.6) is 0 Å². The second-order valence-electron chi connectivity index (χ2n) is 4.34. The molecule has 0 saturated carbocycles. The van der Waals surface area contributed by atoms with Crippen molar-refractivity contribution in [1.82, 2.24) is 9.99 Å². The van der Waals surface area contributed by atoms with E-state index in [1.807, 2.05) is 48.0 Å². The Hall–Kier alpha value is -2.58. The second-order valence-corrected chi connectivity index (χ2v) is 4.77. The van der Waals surface area contributed by atoms with Gasteiger partial charge in [0, 0.05) is 17.8 Å². The maximum atomic E-state index is 11.1. The Balaban J connectivity index is 2.14. The van der Waals surface area contributed by atoms with Gasteiger partial charge in [0.25, 0.3) is 5.91 Å². The summed E-state index contributed by atoms with van der Waals surface area (Å²) in [4.78, 5) is 11.1. The molecule has 1 aromatic carbocycles. The summed E-state index contributed by atoms with van der Waals surface area (Å²) in [5.41, 5.74) is 5.17. The lowest BCUT2D eigenvalue weighted by atomic mass is 10.1. The number of halogens is 1. The van der Waals surface area contributed by atoms with Gasteiger partial charge in [-0.1, -0.05) is 23.7 Å². The van der Waals surface area contributed by atoms with Crippen molar-refractivity contribution in [3.05, 3.63) is 47.1 Å². The fourth-order valence-electron chi connectivity index (χ4n) is 1.85. The summed E-state index contributed by atoms with van der Waals surface area (Å²) >= 11 is 5.88. The van der Waals surface area contributed by atoms with Gasteiger partial charge >= 0.3 is 0 Å². The average molecular weight is 301 g/mol. The van der Waals surface area contributed by atoms with Crippen LogP contribution in [0.2, 0.25) is 5.02 Å². The highest BCUT2D eigenvalue weighted by molar-refractivity contribution is 6.30. The molecule has 0 spiro atoms. The Bertz CT molecular complexity index is 710. The number of rotatable bonds is 4. The fourth-order valence-corrected chi connectivity index (χ4v) is 1.97. The lowest BCUT2D eigenvalue weighted by Crippen LogP contribution is -2.16. The SMILES string of the molecule is Cn1c(C=NNC(=O)CC#N)ccc1-c1ccc(Cl)cc1. The van der Waals surface area contributed by atoms with E-state index in [9.17, 15) is 4.79 Å². The summed E-state index contributed by atoms with van der Waals surface area (Å²) in [7, 11) is 1.91. The molecule has 21 heavy (non-hydrogen) atoms. The van der Waals surface area contributed by atoms with E-state index in [4.69, 9.17) is 16.9 Å². The van der Waals surface area contributed by atoms with Gasteiger partial charge < -0.3 is 4.57 Å². The smallest absolute Gasteiger partial charge is 0.254 e. The Kier molecular flexibility index (Phi) is 4.75. The molecular formula is C15H13ClN4O. The van der Waals surface area contributed by atoms with Crippen molar-refractivity contribution < 1.29 is 4.79 Å². The van der Waals surface area contributed by atoms with Crippen LogP contribution in [0.3, 0.4) is 0 Å². The summed E-state index contributed by atoms with van der Waals surface area (Å²) in [6.07, 6.45) is 1.33. The third-order valence-corrected chi connectivity index (χ3v) is 3.18. The number of nitrogens with one attached hydrogen (secondary N) is 1. The molecule has 0 atom stereocenters. The number of aromatic nitrogens is 1. The zero-order valence-electron chi connectivity index (χ0n) is 11.4. The highest BCUT2D eigenvalue weighted by Gasteiger charge is 2.05. The molecule has 0 aliphatic rings. The molecule has 0 saturated heterocycles. The Morgan fingerprint density at radius 2 is 2.10 bits per heavy atom. The minimum absolute atomic E-state index is 0.208. The van der Waals surface area contributed by atoms with E-state index >= 15 is 0 Å². The van der Waals surface area contributed by atoms with Crippen molar-refractivity contribution in [3.63, 3.8) is 0 Å². The molecule has 6 heteroatoms. The van der Waals surface area contributed by atoms with Crippen molar-refractivity contribution in [2.75, 3.05) is 0 Å². The van der Waals surface area contributed by atoms with E-state index in [-0.39, 0.29) is 6.42 Å². The lowest BCUT2D eigenvalue weighted by Gasteiger charge is -2.05. The van der Waals surface area contributed by atoms with E-state index in [2.05, 4.69) is 10.5 Å². The number of carbonyl (C=O) groups excluding carboxylic acids is 1. The molecule has 1 aromatic heterocycles. The molecule has 2 rings (SSSR count). The summed E-state index contributed by atoms with van der Waals surface area (Å²) < 4.78 is 1.95. The minimum atomic E-state index is -0.430. The monoisotopic (exact) mass is 300 g/mol. The number of benzene rings is 1. The van der Waals surface area contributed by atoms with E-state index in [0.717, 1.165) is 17.0 Å². The molecule has 0 aliphatic carbocycles. The van der Waals surface area contributed by atoms with Crippen LogP contribution in [0, 0.1) is 11.3 Å². The zero-order valence-corrected chi connectivity index (χ0v) is 12.1. The van der Waals surface area contributed by atoms with E-state index < -0.39 is 5.91 Å². The van der Waals surface area contributed by atoms with Crippen LogP contribution in [-0.4, -0.2) is 16.7 Å². The molecule has 2 aromatic rings. The first-order valence-corrected chi connectivity index (χ1v) is 6.60. The van der Waals surface area contributed by atoms with Gasteiger partial charge in [-0.05, 0) is 29.8 Å². The van der Waals surface area contributed by atoms with Gasteiger partial charge in [0.2, 0.25) is 0 Å². The van der Waals surface area contributed by atoms with Crippen LogP contribution in [0.25, 0.3) is 11.3 Å². The highest BCUT2D eigenvalue weighted by atomic mass is 35.5. The molecule has 106 valence electrons. The van der Waals surface area contributed by atoms with Crippen molar-refractivity contribution in [2.45, 2.75) is 6.42 Å². The summed E-state index contributed by atoms with van der Waals surface area (Å²) in [5.74, 6) is -0.430. The van der Waals surface area contributed by atoms with Crippen molar-refractivity contribution in [1.29, 1.82) is 5.26 Å². The maximum absolute atomic E-state index is 11.1. The average Bonchev–Trinajstić information content (AvgIpc) is 2.82. The van der Waals surface area contributed by atoms with Gasteiger partial charge in [0.15, 0.2) is 0 Å². The number of hydrazone groups is 1. The molecular weight excluding hydrogens is 288 g/mol. The number of hydrogen-bond acceptors (Lipinski definition) is 3. The van der Waals surface area contributed by atoms with E-state index in [1.54, 1.807) is 6.07 Å². The maximum Gasteiger partial charge on any atom is 0.254 e. The van der Waals surface area contributed by atoms with Gasteiger partial charge in [0.1, 0.15) is 6.42 Å². The van der Waals surface area contributed by atoms with E-state index in [1.165, 1.54) is 6.21 Å². The number of nitriles is 1. The van der Waals surface area contributed by atoms with E-state index in [0.29, 0.717) is 5.02 Å². The third kappa shape index (κ3) is 3.71. The lowest BCUT2D eigenvalue weighted by molar-refractivity contribution is -0.120. The van der Waals surface area contributed by atoms with Crippen LogP contribution in [0.15, 0.2) is 41.5 Å². The predicted octanol–water partition coefficient (Wildman–Crippen LogP) is 2.71. The van der Waals surface area contributed by atoms with Gasteiger partial charge in [-0.25, -0.2) is 5.43 Å². The van der Waals surface area contributed by atoms with Crippen LogP contribution >= 0.6 is 11.6 Å².